The molecule has 1 N–H and O–H groups in total. The molecule has 2 aromatic rings. The maximum absolute atomic E-state index is 12.8. The SMILES string of the molecule is Cc1ccc(Cn2nc(C)c(C(=O)NCC3CN(CC(C)C)CCO3)c2Cl)cc1. The van der Waals surface area contributed by atoms with Crippen molar-refractivity contribution in [3.63, 3.8) is 0 Å². The van der Waals surface area contributed by atoms with Crippen LogP contribution < -0.4 is 5.32 Å². The number of hydrogen-bond donors (Lipinski definition) is 1. The average molecular weight is 419 g/mol. The van der Waals surface area contributed by atoms with Gasteiger partial charge in [0.05, 0.1) is 30.5 Å². The Morgan fingerprint density at radius 3 is 2.72 bits per heavy atom. The molecule has 0 saturated carbocycles. The third-order valence-corrected chi connectivity index (χ3v) is 5.47. The van der Waals surface area contributed by atoms with Crippen LogP contribution in [-0.4, -0.2) is 59.5 Å². The van der Waals surface area contributed by atoms with Crippen LogP contribution in [0.4, 0.5) is 0 Å². The first kappa shape index (κ1) is 21.8. The van der Waals surface area contributed by atoms with Crippen LogP contribution >= 0.6 is 11.6 Å². The van der Waals surface area contributed by atoms with E-state index in [1.54, 1.807) is 4.68 Å². The van der Waals surface area contributed by atoms with Crippen LogP contribution in [0, 0.1) is 19.8 Å². The van der Waals surface area contributed by atoms with E-state index in [0.29, 0.717) is 42.0 Å². The van der Waals surface area contributed by atoms with E-state index in [1.807, 2.05) is 19.1 Å². The summed E-state index contributed by atoms with van der Waals surface area (Å²) < 4.78 is 7.50. The maximum atomic E-state index is 12.8. The second kappa shape index (κ2) is 9.74. The van der Waals surface area contributed by atoms with E-state index in [4.69, 9.17) is 16.3 Å². The van der Waals surface area contributed by atoms with Crippen molar-refractivity contribution in [3.8, 4) is 0 Å². The Balaban J connectivity index is 1.60. The van der Waals surface area contributed by atoms with Gasteiger partial charge in [0.1, 0.15) is 5.15 Å². The van der Waals surface area contributed by atoms with Gasteiger partial charge in [0.25, 0.3) is 5.91 Å². The zero-order valence-corrected chi connectivity index (χ0v) is 18.5. The van der Waals surface area contributed by atoms with Gasteiger partial charge in [-0.15, -0.1) is 0 Å². The maximum Gasteiger partial charge on any atom is 0.256 e. The highest BCUT2D eigenvalue weighted by Crippen LogP contribution is 2.21. The zero-order valence-electron chi connectivity index (χ0n) is 17.7. The van der Waals surface area contributed by atoms with Gasteiger partial charge in [-0.25, -0.2) is 4.68 Å². The smallest absolute Gasteiger partial charge is 0.256 e. The highest BCUT2D eigenvalue weighted by Gasteiger charge is 2.24. The Labute approximate surface area is 178 Å². The molecule has 1 fully saturated rings. The lowest BCUT2D eigenvalue weighted by atomic mass is 10.1. The van der Waals surface area contributed by atoms with Crippen LogP contribution in [0.1, 0.15) is 41.0 Å². The number of benzene rings is 1. The first-order valence-electron chi connectivity index (χ1n) is 10.2. The Kier molecular flexibility index (Phi) is 7.33. The topological polar surface area (TPSA) is 59.4 Å². The zero-order chi connectivity index (χ0) is 21.0. The lowest BCUT2D eigenvalue weighted by molar-refractivity contribution is -0.0295. The first-order valence-corrected chi connectivity index (χ1v) is 10.6. The fourth-order valence-corrected chi connectivity index (χ4v) is 3.98. The van der Waals surface area contributed by atoms with Crippen molar-refractivity contribution in [2.24, 2.45) is 5.92 Å². The molecule has 1 aromatic heterocycles. The number of amides is 1. The Morgan fingerprint density at radius 1 is 1.31 bits per heavy atom. The number of aryl methyl sites for hydroxylation is 2. The molecule has 6 nitrogen and oxygen atoms in total. The number of ether oxygens (including phenoxy) is 1. The molecule has 1 amide bonds. The normalized spacial score (nSPS) is 17.7. The molecule has 2 heterocycles. The molecular formula is C22H31ClN4O2. The summed E-state index contributed by atoms with van der Waals surface area (Å²) in [5.41, 5.74) is 3.36. The number of nitrogens with zero attached hydrogens (tertiary/aromatic N) is 3. The molecule has 1 atom stereocenters. The highest BCUT2D eigenvalue weighted by atomic mass is 35.5. The number of aromatic nitrogens is 2. The van der Waals surface area contributed by atoms with Crippen molar-refractivity contribution in [2.45, 2.75) is 40.3 Å². The van der Waals surface area contributed by atoms with E-state index in [2.05, 4.69) is 48.2 Å². The van der Waals surface area contributed by atoms with Gasteiger partial charge in [-0.3, -0.25) is 9.69 Å². The van der Waals surface area contributed by atoms with E-state index in [9.17, 15) is 4.79 Å². The molecule has 1 aliphatic rings. The van der Waals surface area contributed by atoms with Crippen molar-refractivity contribution in [3.05, 3.63) is 51.8 Å². The van der Waals surface area contributed by atoms with Crippen LogP contribution in [-0.2, 0) is 11.3 Å². The highest BCUT2D eigenvalue weighted by molar-refractivity contribution is 6.33. The van der Waals surface area contributed by atoms with E-state index in [-0.39, 0.29) is 12.0 Å². The minimum atomic E-state index is -0.202. The van der Waals surface area contributed by atoms with Crippen LogP contribution in [0.25, 0.3) is 0 Å². The van der Waals surface area contributed by atoms with Crippen LogP contribution in [0.5, 0.6) is 0 Å². The molecule has 0 bridgehead atoms. The lowest BCUT2D eigenvalue weighted by Gasteiger charge is -2.33. The second-order valence-corrected chi connectivity index (χ2v) is 8.61. The molecule has 158 valence electrons. The second-order valence-electron chi connectivity index (χ2n) is 8.25. The van der Waals surface area contributed by atoms with Crippen LogP contribution in [0.15, 0.2) is 24.3 Å². The summed E-state index contributed by atoms with van der Waals surface area (Å²) in [5, 5.41) is 7.82. The van der Waals surface area contributed by atoms with E-state index in [1.165, 1.54) is 5.56 Å². The van der Waals surface area contributed by atoms with E-state index < -0.39 is 0 Å². The number of carbonyl (C=O) groups is 1. The summed E-state index contributed by atoms with van der Waals surface area (Å²) in [6, 6.07) is 8.21. The van der Waals surface area contributed by atoms with Gasteiger partial charge in [-0.2, -0.15) is 5.10 Å². The number of morpholine rings is 1. The molecule has 7 heteroatoms. The summed E-state index contributed by atoms with van der Waals surface area (Å²) in [5.74, 6) is 0.413. The Morgan fingerprint density at radius 2 is 2.03 bits per heavy atom. The first-order chi connectivity index (χ1) is 13.8. The van der Waals surface area contributed by atoms with E-state index >= 15 is 0 Å². The number of rotatable bonds is 7. The minimum Gasteiger partial charge on any atom is -0.374 e. The number of nitrogens with one attached hydrogen (secondary N) is 1. The summed E-state index contributed by atoms with van der Waals surface area (Å²) >= 11 is 6.51. The molecule has 29 heavy (non-hydrogen) atoms. The molecule has 0 radical (unpaired) electrons. The monoisotopic (exact) mass is 418 g/mol. The quantitative estimate of drug-likeness (QED) is 0.749. The Bertz CT molecular complexity index is 832. The summed E-state index contributed by atoms with van der Waals surface area (Å²) in [6.07, 6.45) is -0.00636. The van der Waals surface area contributed by atoms with Gasteiger partial charge in [0.15, 0.2) is 0 Å². The van der Waals surface area contributed by atoms with Gasteiger partial charge >= 0.3 is 0 Å². The van der Waals surface area contributed by atoms with Gasteiger partial charge in [-0.1, -0.05) is 55.3 Å². The Hall–Kier alpha value is -1.89. The van der Waals surface area contributed by atoms with Crippen molar-refractivity contribution >= 4 is 17.5 Å². The predicted octanol–water partition coefficient (Wildman–Crippen LogP) is 3.29. The molecule has 3 rings (SSSR count). The molecule has 1 unspecified atom stereocenters. The standard InChI is InChI=1S/C22H31ClN4O2/c1-15(2)12-26-9-10-29-19(14-26)11-24-22(28)20-17(4)25-27(21(20)23)13-18-7-5-16(3)6-8-18/h5-8,15,19H,9-14H2,1-4H3,(H,24,28). The molecule has 1 saturated heterocycles. The molecule has 0 aliphatic carbocycles. The molecule has 1 aromatic carbocycles. The molecular weight excluding hydrogens is 388 g/mol. The molecule has 0 spiro atoms. The molecule has 1 aliphatic heterocycles. The minimum absolute atomic E-state index is 0.00636. The lowest BCUT2D eigenvalue weighted by Crippen LogP contribution is -2.48. The number of carbonyl (C=O) groups excluding carboxylic acids is 1. The fourth-order valence-electron chi connectivity index (χ4n) is 3.66. The summed E-state index contributed by atoms with van der Waals surface area (Å²) in [4.78, 5) is 15.2. The van der Waals surface area contributed by atoms with Crippen molar-refractivity contribution in [1.82, 2.24) is 20.0 Å². The third-order valence-electron chi connectivity index (χ3n) is 5.08. The summed E-state index contributed by atoms with van der Waals surface area (Å²) in [7, 11) is 0. The van der Waals surface area contributed by atoms with Crippen molar-refractivity contribution in [1.29, 1.82) is 0 Å². The van der Waals surface area contributed by atoms with Crippen molar-refractivity contribution < 1.29 is 9.53 Å². The van der Waals surface area contributed by atoms with Gasteiger partial charge in [0.2, 0.25) is 0 Å². The predicted molar refractivity (Wildman–Crippen MR) is 116 cm³/mol. The third kappa shape index (κ3) is 5.81. The average Bonchev–Trinajstić information content (AvgIpc) is 2.95. The van der Waals surface area contributed by atoms with E-state index in [0.717, 1.165) is 25.2 Å². The number of halogens is 1. The van der Waals surface area contributed by atoms with Crippen LogP contribution in [0.3, 0.4) is 0 Å². The van der Waals surface area contributed by atoms with Gasteiger partial charge < -0.3 is 10.1 Å². The largest absolute Gasteiger partial charge is 0.374 e. The van der Waals surface area contributed by atoms with Crippen molar-refractivity contribution in [2.75, 3.05) is 32.8 Å². The van der Waals surface area contributed by atoms with Gasteiger partial charge in [0, 0.05) is 26.2 Å². The number of hydrogen-bond acceptors (Lipinski definition) is 4. The van der Waals surface area contributed by atoms with Crippen LogP contribution in [0.2, 0.25) is 5.15 Å². The summed E-state index contributed by atoms with van der Waals surface area (Å²) in [6.45, 7) is 12.8. The fraction of sp³-hybridized carbons (Fsp3) is 0.545. The van der Waals surface area contributed by atoms with Gasteiger partial charge in [-0.05, 0) is 25.3 Å².